The Kier molecular flexibility index (Phi) is 3.41. The molecular formula is C15H20ClNO. The number of nitrogens with zero attached hydrogens (tertiary/aromatic N) is 1. The molecule has 1 unspecified atom stereocenters. The van der Waals surface area contributed by atoms with Crippen molar-refractivity contribution in [1.29, 1.82) is 0 Å². The van der Waals surface area contributed by atoms with Crippen molar-refractivity contribution in [3.63, 3.8) is 0 Å². The fourth-order valence-corrected chi connectivity index (χ4v) is 3.52. The first-order chi connectivity index (χ1) is 8.46. The van der Waals surface area contributed by atoms with Crippen LogP contribution < -0.4 is 4.90 Å². The number of benzene rings is 1. The van der Waals surface area contributed by atoms with E-state index in [0.717, 1.165) is 24.1 Å². The van der Waals surface area contributed by atoms with Gasteiger partial charge in [0.15, 0.2) is 0 Å². The van der Waals surface area contributed by atoms with Gasteiger partial charge in [-0.3, -0.25) is 4.79 Å². The van der Waals surface area contributed by atoms with Gasteiger partial charge in [0.05, 0.1) is 16.1 Å². The second kappa shape index (κ2) is 4.58. The summed E-state index contributed by atoms with van der Waals surface area (Å²) in [6.45, 7) is 6.37. The Balaban J connectivity index is 2.70. The van der Waals surface area contributed by atoms with Gasteiger partial charge in [-0.2, -0.15) is 0 Å². The van der Waals surface area contributed by atoms with E-state index in [2.05, 4.69) is 26.8 Å². The van der Waals surface area contributed by atoms with Crippen molar-refractivity contribution in [2.45, 2.75) is 39.0 Å². The Morgan fingerprint density at radius 2 is 2.06 bits per heavy atom. The van der Waals surface area contributed by atoms with Crippen LogP contribution in [-0.4, -0.2) is 13.0 Å². The Hall–Kier alpha value is -1.02. The molecule has 1 aliphatic heterocycles. The molecule has 1 aliphatic rings. The van der Waals surface area contributed by atoms with E-state index in [9.17, 15) is 4.79 Å². The molecule has 0 bridgehead atoms. The number of hydrogen-bond acceptors (Lipinski definition) is 1. The number of hydrogen-bond donors (Lipinski definition) is 0. The zero-order chi connectivity index (χ0) is 13.5. The van der Waals surface area contributed by atoms with Crippen LogP contribution in [0.2, 0.25) is 5.02 Å². The quantitative estimate of drug-likeness (QED) is 0.809. The van der Waals surface area contributed by atoms with Crippen molar-refractivity contribution in [3.8, 4) is 0 Å². The van der Waals surface area contributed by atoms with Gasteiger partial charge in [-0.15, -0.1) is 0 Å². The smallest absolute Gasteiger partial charge is 0.237 e. The van der Waals surface area contributed by atoms with Gasteiger partial charge in [-0.25, -0.2) is 0 Å². The summed E-state index contributed by atoms with van der Waals surface area (Å²) in [4.78, 5) is 14.5. The lowest BCUT2D eigenvalue weighted by Gasteiger charge is -2.32. The first kappa shape index (κ1) is 13.4. The summed E-state index contributed by atoms with van der Waals surface area (Å²) in [6.07, 6.45) is 1.87. The van der Waals surface area contributed by atoms with E-state index >= 15 is 0 Å². The molecule has 0 saturated carbocycles. The Morgan fingerprint density at radius 3 is 2.61 bits per heavy atom. The van der Waals surface area contributed by atoms with Crippen LogP contribution in [0.1, 0.15) is 39.2 Å². The third-order valence-electron chi connectivity index (χ3n) is 4.12. The maximum absolute atomic E-state index is 12.7. The van der Waals surface area contributed by atoms with Gasteiger partial charge in [-0.05, 0) is 24.0 Å². The second-order valence-electron chi connectivity index (χ2n) is 5.38. The van der Waals surface area contributed by atoms with E-state index in [1.54, 1.807) is 4.90 Å². The molecular weight excluding hydrogens is 246 g/mol. The number of amides is 1. The zero-order valence-corrected chi connectivity index (χ0v) is 12.2. The van der Waals surface area contributed by atoms with E-state index in [1.807, 2.05) is 19.2 Å². The monoisotopic (exact) mass is 265 g/mol. The minimum Gasteiger partial charge on any atom is -0.313 e. The van der Waals surface area contributed by atoms with Crippen molar-refractivity contribution < 1.29 is 4.79 Å². The molecule has 1 atom stereocenters. The van der Waals surface area contributed by atoms with Crippen molar-refractivity contribution in [2.75, 3.05) is 11.9 Å². The van der Waals surface area contributed by atoms with E-state index < -0.39 is 5.41 Å². The molecule has 0 radical (unpaired) electrons. The molecule has 2 nitrogen and oxygen atoms in total. The molecule has 0 spiro atoms. The van der Waals surface area contributed by atoms with Gasteiger partial charge < -0.3 is 4.90 Å². The maximum atomic E-state index is 12.7. The van der Waals surface area contributed by atoms with Crippen LogP contribution in [0, 0.1) is 5.92 Å². The molecule has 0 aromatic heterocycles. The zero-order valence-electron chi connectivity index (χ0n) is 11.5. The van der Waals surface area contributed by atoms with Crippen molar-refractivity contribution in [2.24, 2.45) is 5.92 Å². The van der Waals surface area contributed by atoms with Gasteiger partial charge in [0.1, 0.15) is 0 Å². The SMILES string of the molecule is CCCC1(C(C)C)C(=O)N(C)c2c(Cl)cccc21. The van der Waals surface area contributed by atoms with Gasteiger partial charge in [0, 0.05) is 7.05 Å². The number of carbonyl (C=O) groups excluding carboxylic acids is 1. The van der Waals surface area contributed by atoms with Gasteiger partial charge in [0.2, 0.25) is 5.91 Å². The first-order valence-corrected chi connectivity index (χ1v) is 6.91. The number of halogens is 1. The van der Waals surface area contributed by atoms with Crippen LogP contribution in [0.4, 0.5) is 5.69 Å². The lowest BCUT2D eigenvalue weighted by molar-refractivity contribution is -0.124. The minimum absolute atomic E-state index is 0.183. The number of fused-ring (bicyclic) bond motifs is 1. The normalized spacial score (nSPS) is 22.8. The molecule has 18 heavy (non-hydrogen) atoms. The number of likely N-dealkylation sites (N-methyl/N-ethyl adjacent to an activating group) is 1. The van der Waals surface area contributed by atoms with Crippen molar-refractivity contribution in [3.05, 3.63) is 28.8 Å². The minimum atomic E-state index is -0.399. The van der Waals surface area contributed by atoms with Crippen LogP contribution in [0.25, 0.3) is 0 Å². The summed E-state index contributed by atoms with van der Waals surface area (Å²) in [6, 6.07) is 5.85. The Morgan fingerprint density at radius 1 is 1.39 bits per heavy atom. The lowest BCUT2D eigenvalue weighted by Crippen LogP contribution is -2.42. The van der Waals surface area contributed by atoms with Gasteiger partial charge in [0.25, 0.3) is 0 Å². The molecule has 0 saturated heterocycles. The summed E-state index contributed by atoms with van der Waals surface area (Å²) in [5.41, 5.74) is 1.59. The van der Waals surface area contributed by atoms with Gasteiger partial charge in [-0.1, -0.05) is 50.9 Å². The fourth-order valence-electron chi connectivity index (χ4n) is 3.21. The molecule has 2 rings (SSSR count). The predicted molar refractivity (Wildman–Crippen MR) is 76.3 cm³/mol. The molecule has 98 valence electrons. The second-order valence-corrected chi connectivity index (χ2v) is 5.78. The molecule has 1 heterocycles. The van der Waals surface area contributed by atoms with E-state index in [0.29, 0.717) is 5.02 Å². The summed E-state index contributed by atoms with van der Waals surface area (Å²) < 4.78 is 0. The van der Waals surface area contributed by atoms with Crippen molar-refractivity contribution >= 4 is 23.2 Å². The van der Waals surface area contributed by atoms with E-state index in [1.165, 1.54) is 0 Å². The van der Waals surface area contributed by atoms with Gasteiger partial charge >= 0.3 is 0 Å². The average molecular weight is 266 g/mol. The van der Waals surface area contributed by atoms with Crippen LogP contribution >= 0.6 is 11.6 Å². The van der Waals surface area contributed by atoms with Crippen LogP contribution in [0.15, 0.2) is 18.2 Å². The third kappa shape index (κ3) is 1.58. The van der Waals surface area contributed by atoms with Crippen LogP contribution in [-0.2, 0) is 10.2 Å². The highest BCUT2D eigenvalue weighted by atomic mass is 35.5. The molecule has 0 aliphatic carbocycles. The molecule has 1 aromatic carbocycles. The largest absolute Gasteiger partial charge is 0.313 e. The van der Waals surface area contributed by atoms with Crippen LogP contribution in [0.3, 0.4) is 0 Å². The van der Waals surface area contributed by atoms with E-state index in [4.69, 9.17) is 11.6 Å². The topological polar surface area (TPSA) is 20.3 Å². The molecule has 1 amide bonds. The summed E-state index contributed by atoms with van der Waals surface area (Å²) >= 11 is 6.27. The number of carbonyl (C=O) groups is 1. The van der Waals surface area contributed by atoms with Crippen molar-refractivity contribution in [1.82, 2.24) is 0 Å². The first-order valence-electron chi connectivity index (χ1n) is 6.54. The highest BCUT2D eigenvalue weighted by Gasteiger charge is 2.51. The summed E-state index contributed by atoms with van der Waals surface area (Å²) in [5, 5.41) is 0.668. The molecule has 0 N–H and O–H groups in total. The average Bonchev–Trinajstić information content (AvgIpc) is 2.54. The maximum Gasteiger partial charge on any atom is 0.237 e. The number of para-hydroxylation sites is 1. The molecule has 0 fully saturated rings. The standard InChI is InChI=1S/C15H20ClNO/c1-5-9-15(10(2)3)11-7-6-8-12(16)13(11)17(4)14(15)18/h6-8,10H,5,9H2,1-4H3. The highest BCUT2D eigenvalue weighted by molar-refractivity contribution is 6.35. The van der Waals surface area contributed by atoms with E-state index in [-0.39, 0.29) is 11.8 Å². The number of rotatable bonds is 3. The molecule has 1 aromatic rings. The predicted octanol–water partition coefficient (Wildman–Crippen LogP) is 4.01. The fraction of sp³-hybridized carbons (Fsp3) is 0.533. The summed E-state index contributed by atoms with van der Waals surface area (Å²) in [7, 11) is 1.83. The highest BCUT2D eigenvalue weighted by Crippen LogP contribution is 2.50. The summed E-state index contributed by atoms with van der Waals surface area (Å²) in [5.74, 6) is 0.453. The number of anilines is 1. The van der Waals surface area contributed by atoms with Crippen LogP contribution in [0.5, 0.6) is 0 Å². The Bertz CT molecular complexity index is 483. The Labute approximate surface area is 114 Å². The third-order valence-corrected chi connectivity index (χ3v) is 4.42. The molecule has 3 heteroatoms. The lowest BCUT2D eigenvalue weighted by atomic mass is 9.69.